The number of nitrogens with zero attached hydrogens (tertiary/aromatic N) is 1. The third kappa shape index (κ3) is 4.81. The first-order chi connectivity index (χ1) is 9.62. The van der Waals surface area contributed by atoms with Crippen molar-refractivity contribution in [3.63, 3.8) is 0 Å². The highest BCUT2D eigenvalue weighted by molar-refractivity contribution is 5.46. The first kappa shape index (κ1) is 16.4. The van der Waals surface area contributed by atoms with Gasteiger partial charge in [0.2, 0.25) is 0 Å². The van der Waals surface area contributed by atoms with E-state index in [1.54, 1.807) is 12.1 Å². The van der Waals surface area contributed by atoms with Gasteiger partial charge in [-0.05, 0) is 37.9 Å². The Bertz CT molecular complexity index is 435. The molecule has 0 bridgehead atoms. The number of nitro groups is 1. The second-order valence-corrected chi connectivity index (χ2v) is 4.90. The number of hydrogen-bond donors (Lipinski definition) is 1. The molecule has 1 unspecified atom stereocenters. The van der Waals surface area contributed by atoms with Gasteiger partial charge in [-0.25, -0.2) is 0 Å². The molecule has 1 aromatic carbocycles. The van der Waals surface area contributed by atoms with Gasteiger partial charge in [-0.3, -0.25) is 10.1 Å². The zero-order chi connectivity index (χ0) is 15.0. The van der Waals surface area contributed by atoms with Crippen LogP contribution in [0.25, 0.3) is 0 Å². The van der Waals surface area contributed by atoms with Crippen molar-refractivity contribution in [2.24, 2.45) is 0 Å². The molecule has 5 nitrogen and oxygen atoms in total. The molecule has 0 saturated carbocycles. The molecule has 1 N–H and O–H groups in total. The van der Waals surface area contributed by atoms with Crippen molar-refractivity contribution in [2.75, 3.05) is 13.7 Å². The summed E-state index contributed by atoms with van der Waals surface area (Å²) in [4.78, 5) is 10.8. The molecular weight excluding hydrogens is 256 g/mol. The van der Waals surface area contributed by atoms with Gasteiger partial charge in [0.05, 0.1) is 18.1 Å². The molecule has 20 heavy (non-hydrogen) atoms. The van der Waals surface area contributed by atoms with Crippen molar-refractivity contribution in [3.8, 4) is 5.75 Å². The van der Waals surface area contributed by atoms with Gasteiger partial charge in [-0.1, -0.05) is 20.3 Å². The highest BCUT2D eigenvalue weighted by Crippen LogP contribution is 2.26. The maximum atomic E-state index is 11.2. The average Bonchev–Trinajstić information content (AvgIpc) is 2.45. The van der Waals surface area contributed by atoms with Crippen LogP contribution in [0.5, 0.6) is 5.75 Å². The molecule has 0 aliphatic carbocycles. The molecule has 1 rings (SSSR count). The lowest BCUT2D eigenvalue weighted by molar-refractivity contribution is -0.385. The van der Waals surface area contributed by atoms with E-state index in [2.05, 4.69) is 19.2 Å². The SMILES string of the molecule is CCCNC(CCC)Cc1ccc(OC)cc1[N+](=O)[O-]. The van der Waals surface area contributed by atoms with E-state index in [0.29, 0.717) is 12.2 Å². The van der Waals surface area contributed by atoms with Crippen LogP contribution in [0.2, 0.25) is 0 Å². The molecule has 0 fully saturated rings. The summed E-state index contributed by atoms with van der Waals surface area (Å²) in [6.45, 7) is 5.18. The number of methoxy groups -OCH3 is 1. The van der Waals surface area contributed by atoms with Gasteiger partial charge in [0.25, 0.3) is 5.69 Å². The Balaban J connectivity index is 2.90. The molecule has 0 saturated heterocycles. The summed E-state index contributed by atoms with van der Waals surface area (Å²) in [5.74, 6) is 0.522. The third-order valence-corrected chi connectivity index (χ3v) is 3.28. The second-order valence-electron chi connectivity index (χ2n) is 4.90. The Hall–Kier alpha value is -1.62. The topological polar surface area (TPSA) is 64.4 Å². The summed E-state index contributed by atoms with van der Waals surface area (Å²) in [6, 6.07) is 5.36. The smallest absolute Gasteiger partial charge is 0.276 e. The van der Waals surface area contributed by atoms with Crippen molar-refractivity contribution in [1.82, 2.24) is 5.32 Å². The fourth-order valence-corrected chi connectivity index (χ4v) is 2.25. The van der Waals surface area contributed by atoms with Crippen LogP contribution in [0.1, 0.15) is 38.7 Å². The van der Waals surface area contributed by atoms with E-state index in [-0.39, 0.29) is 16.7 Å². The van der Waals surface area contributed by atoms with E-state index < -0.39 is 0 Å². The van der Waals surface area contributed by atoms with E-state index in [1.807, 2.05) is 0 Å². The largest absolute Gasteiger partial charge is 0.497 e. The van der Waals surface area contributed by atoms with Gasteiger partial charge in [0, 0.05) is 11.6 Å². The summed E-state index contributed by atoms with van der Waals surface area (Å²) in [6.07, 6.45) is 3.81. The maximum Gasteiger partial charge on any atom is 0.276 e. The van der Waals surface area contributed by atoms with Crippen LogP contribution < -0.4 is 10.1 Å². The van der Waals surface area contributed by atoms with Gasteiger partial charge in [-0.15, -0.1) is 0 Å². The second kappa shape index (κ2) is 8.53. The number of hydrogen-bond acceptors (Lipinski definition) is 4. The van der Waals surface area contributed by atoms with Crippen LogP contribution in [0.4, 0.5) is 5.69 Å². The van der Waals surface area contributed by atoms with Gasteiger partial charge >= 0.3 is 0 Å². The minimum absolute atomic E-state index is 0.142. The lowest BCUT2D eigenvalue weighted by atomic mass is 10.0. The predicted molar refractivity (Wildman–Crippen MR) is 80.3 cm³/mol. The molecule has 1 aromatic rings. The Kier molecular flexibility index (Phi) is 7.01. The van der Waals surface area contributed by atoms with Crippen LogP contribution in [-0.4, -0.2) is 24.6 Å². The Morgan fingerprint density at radius 2 is 2.10 bits per heavy atom. The minimum atomic E-state index is -0.333. The molecule has 0 aliphatic heterocycles. The molecule has 5 heteroatoms. The van der Waals surface area contributed by atoms with E-state index >= 15 is 0 Å². The quantitative estimate of drug-likeness (QED) is 0.556. The number of rotatable bonds is 9. The van der Waals surface area contributed by atoms with Gasteiger partial charge in [0.15, 0.2) is 0 Å². The summed E-state index contributed by atoms with van der Waals surface area (Å²) in [5.41, 5.74) is 0.904. The highest BCUT2D eigenvalue weighted by Gasteiger charge is 2.18. The average molecular weight is 280 g/mol. The van der Waals surface area contributed by atoms with Gasteiger partial charge in [0.1, 0.15) is 5.75 Å². The zero-order valence-electron chi connectivity index (χ0n) is 12.5. The lowest BCUT2D eigenvalue weighted by Gasteiger charge is -2.18. The number of ether oxygens (including phenoxy) is 1. The number of nitrogens with one attached hydrogen (secondary N) is 1. The first-order valence-corrected chi connectivity index (χ1v) is 7.17. The number of benzene rings is 1. The van der Waals surface area contributed by atoms with Crippen molar-refractivity contribution in [2.45, 2.75) is 45.6 Å². The molecule has 0 radical (unpaired) electrons. The zero-order valence-corrected chi connectivity index (χ0v) is 12.5. The van der Waals surface area contributed by atoms with Crippen molar-refractivity contribution in [1.29, 1.82) is 0 Å². The van der Waals surface area contributed by atoms with Crippen molar-refractivity contribution >= 4 is 5.69 Å². The monoisotopic (exact) mass is 280 g/mol. The van der Waals surface area contributed by atoms with Crippen LogP contribution >= 0.6 is 0 Å². The van der Waals surface area contributed by atoms with E-state index in [4.69, 9.17) is 4.74 Å². The van der Waals surface area contributed by atoms with E-state index in [9.17, 15) is 10.1 Å². The summed E-state index contributed by atoms with van der Waals surface area (Å²) in [5, 5.41) is 14.6. The van der Waals surface area contributed by atoms with Crippen LogP contribution in [0.3, 0.4) is 0 Å². The van der Waals surface area contributed by atoms with Crippen LogP contribution in [0.15, 0.2) is 18.2 Å². The van der Waals surface area contributed by atoms with E-state index in [1.165, 1.54) is 13.2 Å². The van der Waals surface area contributed by atoms with Crippen LogP contribution in [-0.2, 0) is 6.42 Å². The van der Waals surface area contributed by atoms with Crippen LogP contribution in [0, 0.1) is 10.1 Å². The summed E-state index contributed by atoms with van der Waals surface area (Å²) in [7, 11) is 1.52. The van der Waals surface area contributed by atoms with Gasteiger partial charge in [-0.2, -0.15) is 0 Å². The number of nitro benzene ring substituents is 1. The third-order valence-electron chi connectivity index (χ3n) is 3.28. The first-order valence-electron chi connectivity index (χ1n) is 7.17. The predicted octanol–water partition coefficient (Wildman–Crippen LogP) is 3.31. The van der Waals surface area contributed by atoms with E-state index in [0.717, 1.165) is 31.4 Å². The summed E-state index contributed by atoms with van der Waals surface area (Å²) < 4.78 is 5.06. The Labute approximate surface area is 120 Å². The summed E-state index contributed by atoms with van der Waals surface area (Å²) >= 11 is 0. The minimum Gasteiger partial charge on any atom is -0.497 e. The van der Waals surface area contributed by atoms with Crippen molar-refractivity contribution < 1.29 is 9.66 Å². The normalized spacial score (nSPS) is 12.2. The van der Waals surface area contributed by atoms with Crippen molar-refractivity contribution in [3.05, 3.63) is 33.9 Å². The molecule has 0 aliphatic rings. The molecule has 0 heterocycles. The Morgan fingerprint density at radius 1 is 1.35 bits per heavy atom. The molecule has 112 valence electrons. The fraction of sp³-hybridized carbons (Fsp3) is 0.600. The fourth-order valence-electron chi connectivity index (χ4n) is 2.25. The maximum absolute atomic E-state index is 11.2. The molecule has 0 amide bonds. The molecule has 1 atom stereocenters. The highest BCUT2D eigenvalue weighted by atomic mass is 16.6. The Morgan fingerprint density at radius 3 is 2.65 bits per heavy atom. The molecule has 0 aromatic heterocycles. The standard InChI is InChI=1S/C15H24N2O3/c1-4-6-13(16-9-5-2)10-12-7-8-14(20-3)11-15(12)17(18)19/h7-8,11,13,16H,4-6,9-10H2,1-3H3. The molecule has 0 spiro atoms. The lowest BCUT2D eigenvalue weighted by Crippen LogP contribution is -2.31. The molecular formula is C15H24N2O3. The van der Waals surface area contributed by atoms with Gasteiger partial charge < -0.3 is 10.1 Å².